The van der Waals surface area contributed by atoms with Gasteiger partial charge >= 0.3 is 5.97 Å². The Morgan fingerprint density at radius 2 is 1.82 bits per heavy atom. The number of nitrogens with two attached hydrogens (primary N) is 1. The lowest BCUT2D eigenvalue weighted by Crippen LogP contribution is -2.46. The van der Waals surface area contributed by atoms with Gasteiger partial charge in [-0.25, -0.2) is 0 Å². The molecule has 9 nitrogen and oxygen atoms in total. The molecule has 0 saturated heterocycles. The highest BCUT2D eigenvalue weighted by atomic mass is 32.2. The molecule has 98 valence electrons. The standard InChI is InChI=1S/C7H12N2O7S/c8-7(13)4(3-6(11)12)9-5(10)1-2-17(14,15)16/h4H,1-3H2,(H2,8,13)(H,9,10)(H,11,12)(H,14,15,16)/t4-/m1/s1. The summed E-state index contributed by atoms with van der Waals surface area (Å²) in [6.45, 7) is 0. The first-order valence-corrected chi connectivity index (χ1v) is 5.98. The Morgan fingerprint density at radius 1 is 1.29 bits per heavy atom. The minimum Gasteiger partial charge on any atom is -0.481 e. The van der Waals surface area contributed by atoms with Gasteiger partial charge in [-0.3, -0.25) is 18.9 Å². The van der Waals surface area contributed by atoms with Gasteiger partial charge in [0.1, 0.15) is 6.04 Å². The summed E-state index contributed by atoms with van der Waals surface area (Å²) in [7, 11) is -4.29. The molecular formula is C7H12N2O7S. The van der Waals surface area contributed by atoms with Gasteiger partial charge in [-0.1, -0.05) is 0 Å². The first-order chi connectivity index (χ1) is 7.61. The van der Waals surface area contributed by atoms with Gasteiger partial charge in [0.25, 0.3) is 10.1 Å². The molecule has 0 fully saturated rings. The summed E-state index contributed by atoms with van der Waals surface area (Å²) in [4.78, 5) is 32.2. The normalized spacial score (nSPS) is 12.8. The highest BCUT2D eigenvalue weighted by Crippen LogP contribution is 1.94. The monoisotopic (exact) mass is 268 g/mol. The number of carbonyl (C=O) groups is 3. The second-order valence-electron chi connectivity index (χ2n) is 3.16. The Kier molecular flexibility index (Phi) is 5.55. The molecule has 0 aliphatic rings. The van der Waals surface area contributed by atoms with Crippen molar-refractivity contribution in [1.29, 1.82) is 0 Å². The van der Waals surface area contributed by atoms with Gasteiger partial charge in [0, 0.05) is 6.42 Å². The molecule has 0 aromatic heterocycles. The van der Waals surface area contributed by atoms with Crippen molar-refractivity contribution in [1.82, 2.24) is 5.32 Å². The SMILES string of the molecule is NC(=O)[C@@H](CC(=O)O)NC(=O)CCS(=O)(=O)O. The van der Waals surface area contributed by atoms with E-state index in [-0.39, 0.29) is 0 Å². The van der Waals surface area contributed by atoms with Crippen LogP contribution in [0.25, 0.3) is 0 Å². The molecule has 0 radical (unpaired) electrons. The molecule has 0 rings (SSSR count). The molecule has 1 atom stereocenters. The Hall–Kier alpha value is -1.68. The van der Waals surface area contributed by atoms with Gasteiger partial charge in [0.05, 0.1) is 12.2 Å². The van der Waals surface area contributed by atoms with E-state index in [0.717, 1.165) is 0 Å². The number of amides is 2. The van der Waals surface area contributed by atoms with Crippen molar-refractivity contribution in [2.24, 2.45) is 5.73 Å². The molecule has 0 spiro atoms. The molecule has 0 aromatic rings. The number of nitrogens with one attached hydrogen (secondary N) is 1. The Bertz CT molecular complexity index is 416. The number of carbonyl (C=O) groups excluding carboxylic acids is 2. The van der Waals surface area contributed by atoms with E-state index in [1.54, 1.807) is 0 Å². The van der Waals surface area contributed by atoms with E-state index in [1.807, 2.05) is 5.32 Å². The van der Waals surface area contributed by atoms with Crippen LogP contribution in [0.2, 0.25) is 0 Å². The molecule has 0 aromatic carbocycles. The number of aliphatic carboxylic acids is 1. The summed E-state index contributed by atoms with van der Waals surface area (Å²) in [5, 5.41) is 10.4. The number of carboxylic acids is 1. The van der Waals surface area contributed by atoms with Gasteiger partial charge in [0.2, 0.25) is 11.8 Å². The maximum absolute atomic E-state index is 11.1. The topological polar surface area (TPSA) is 164 Å². The molecule has 17 heavy (non-hydrogen) atoms. The zero-order chi connectivity index (χ0) is 13.6. The van der Waals surface area contributed by atoms with Crippen LogP contribution in [-0.2, 0) is 24.5 Å². The molecular weight excluding hydrogens is 256 g/mol. The van der Waals surface area contributed by atoms with Crippen LogP contribution < -0.4 is 11.1 Å². The van der Waals surface area contributed by atoms with Crippen molar-refractivity contribution >= 4 is 27.9 Å². The smallest absolute Gasteiger partial charge is 0.305 e. The zero-order valence-corrected chi connectivity index (χ0v) is 9.44. The minimum atomic E-state index is -4.29. The van der Waals surface area contributed by atoms with E-state index in [4.69, 9.17) is 15.4 Å². The molecule has 0 unspecified atom stereocenters. The molecule has 5 N–H and O–H groups in total. The van der Waals surface area contributed by atoms with E-state index >= 15 is 0 Å². The van der Waals surface area contributed by atoms with Gasteiger partial charge in [0.15, 0.2) is 0 Å². The second kappa shape index (κ2) is 6.15. The predicted molar refractivity (Wildman–Crippen MR) is 54.4 cm³/mol. The third-order valence-corrected chi connectivity index (χ3v) is 2.36. The quantitative estimate of drug-likeness (QED) is 0.377. The molecule has 10 heteroatoms. The van der Waals surface area contributed by atoms with E-state index in [0.29, 0.717) is 0 Å². The zero-order valence-electron chi connectivity index (χ0n) is 8.62. The Labute approximate surface area is 96.7 Å². The maximum Gasteiger partial charge on any atom is 0.305 e. The van der Waals surface area contributed by atoms with Crippen LogP contribution in [0.5, 0.6) is 0 Å². The lowest BCUT2D eigenvalue weighted by Gasteiger charge is -2.12. The van der Waals surface area contributed by atoms with Crippen LogP contribution in [0.15, 0.2) is 0 Å². The number of hydrogen-bond donors (Lipinski definition) is 4. The third kappa shape index (κ3) is 8.16. The van der Waals surface area contributed by atoms with Crippen LogP contribution >= 0.6 is 0 Å². The summed E-state index contributed by atoms with van der Waals surface area (Å²) < 4.78 is 29.0. The van der Waals surface area contributed by atoms with Crippen molar-refractivity contribution in [2.45, 2.75) is 18.9 Å². The Balaban J connectivity index is 4.32. The van der Waals surface area contributed by atoms with Crippen LogP contribution in [0, 0.1) is 0 Å². The van der Waals surface area contributed by atoms with Gasteiger partial charge < -0.3 is 16.2 Å². The highest BCUT2D eigenvalue weighted by molar-refractivity contribution is 7.85. The van der Waals surface area contributed by atoms with Gasteiger partial charge in [-0.15, -0.1) is 0 Å². The summed E-state index contributed by atoms with van der Waals surface area (Å²) in [6.07, 6.45) is -1.30. The number of primary amides is 1. The highest BCUT2D eigenvalue weighted by Gasteiger charge is 2.21. The number of carboxylic acid groups (broad SMARTS) is 1. The molecule has 0 heterocycles. The van der Waals surface area contributed by atoms with E-state index in [1.165, 1.54) is 0 Å². The molecule has 0 saturated carbocycles. The maximum atomic E-state index is 11.1. The van der Waals surface area contributed by atoms with Crippen molar-refractivity contribution in [3.63, 3.8) is 0 Å². The van der Waals surface area contributed by atoms with Gasteiger partial charge in [-0.2, -0.15) is 8.42 Å². The van der Waals surface area contributed by atoms with Crippen LogP contribution in [-0.4, -0.2) is 47.7 Å². The van der Waals surface area contributed by atoms with E-state index in [2.05, 4.69) is 0 Å². The fourth-order valence-corrected chi connectivity index (χ4v) is 1.33. The van der Waals surface area contributed by atoms with Crippen molar-refractivity contribution < 1.29 is 32.5 Å². The fraction of sp³-hybridized carbons (Fsp3) is 0.571. The molecule has 0 aliphatic carbocycles. The van der Waals surface area contributed by atoms with Gasteiger partial charge in [-0.05, 0) is 0 Å². The summed E-state index contributed by atoms with van der Waals surface area (Å²) >= 11 is 0. The second-order valence-corrected chi connectivity index (χ2v) is 4.73. The van der Waals surface area contributed by atoms with Crippen LogP contribution in [0.1, 0.15) is 12.8 Å². The molecule has 0 bridgehead atoms. The lowest BCUT2D eigenvalue weighted by molar-refractivity contribution is -0.140. The first kappa shape index (κ1) is 15.3. The predicted octanol–water partition coefficient (Wildman–Crippen LogP) is -2.29. The number of rotatable bonds is 7. The summed E-state index contributed by atoms with van der Waals surface area (Å²) in [5.74, 6) is -4.11. The third-order valence-electron chi connectivity index (χ3n) is 1.64. The lowest BCUT2D eigenvalue weighted by atomic mass is 10.2. The van der Waals surface area contributed by atoms with Crippen molar-refractivity contribution in [3.8, 4) is 0 Å². The average molecular weight is 268 g/mol. The average Bonchev–Trinajstić information content (AvgIpc) is 2.11. The summed E-state index contributed by atoms with van der Waals surface area (Å²) in [6, 6.07) is -1.42. The Morgan fingerprint density at radius 3 is 2.18 bits per heavy atom. The van der Waals surface area contributed by atoms with Crippen molar-refractivity contribution in [3.05, 3.63) is 0 Å². The minimum absolute atomic E-state index is 0.595. The van der Waals surface area contributed by atoms with Crippen LogP contribution in [0.4, 0.5) is 0 Å². The van der Waals surface area contributed by atoms with Crippen LogP contribution in [0.3, 0.4) is 0 Å². The molecule has 2 amide bonds. The fourth-order valence-electron chi connectivity index (χ4n) is 0.886. The first-order valence-electron chi connectivity index (χ1n) is 4.37. The largest absolute Gasteiger partial charge is 0.481 e. The number of hydrogen-bond acceptors (Lipinski definition) is 5. The van der Waals surface area contributed by atoms with Crippen molar-refractivity contribution in [2.75, 3.05) is 5.75 Å². The van der Waals surface area contributed by atoms with E-state index < -0.39 is 52.5 Å². The summed E-state index contributed by atoms with van der Waals surface area (Å²) in [5.41, 5.74) is 4.83. The molecule has 0 aliphatic heterocycles. The van der Waals surface area contributed by atoms with E-state index in [9.17, 15) is 22.8 Å².